The molecule has 4 nitrogen and oxygen atoms in total. The molecular formula is C7H13F3O4S. The minimum atomic E-state index is -5.54. The van der Waals surface area contributed by atoms with Gasteiger partial charge in [-0.2, -0.15) is 21.6 Å². The first-order valence-electron chi connectivity index (χ1n) is 4.10. The maximum atomic E-state index is 11.9. The first-order valence-corrected chi connectivity index (χ1v) is 5.51. The molecule has 0 fully saturated rings. The number of halogens is 3. The standard InChI is InChI=1S/C7H13F3O4S/c1-5(2)6(4-13-3)14-15(11,12)7(8,9)10/h5-6H,4H2,1-3H3. The lowest BCUT2D eigenvalue weighted by Gasteiger charge is -2.20. The van der Waals surface area contributed by atoms with Gasteiger partial charge in [0.15, 0.2) is 0 Å². The van der Waals surface area contributed by atoms with E-state index in [0.717, 1.165) is 0 Å². The molecule has 0 aliphatic rings. The van der Waals surface area contributed by atoms with Crippen LogP contribution in [0.2, 0.25) is 0 Å². The number of methoxy groups -OCH3 is 1. The van der Waals surface area contributed by atoms with E-state index >= 15 is 0 Å². The van der Waals surface area contributed by atoms with Gasteiger partial charge in [0.2, 0.25) is 0 Å². The predicted molar refractivity (Wildman–Crippen MR) is 46.6 cm³/mol. The van der Waals surface area contributed by atoms with E-state index < -0.39 is 27.6 Å². The Morgan fingerprint density at radius 3 is 2.00 bits per heavy atom. The second kappa shape index (κ2) is 5.13. The van der Waals surface area contributed by atoms with Gasteiger partial charge in [-0.3, -0.25) is 4.18 Å². The van der Waals surface area contributed by atoms with Gasteiger partial charge in [0.05, 0.1) is 6.61 Å². The van der Waals surface area contributed by atoms with Gasteiger partial charge in [-0.25, -0.2) is 0 Å². The van der Waals surface area contributed by atoms with Crippen LogP contribution >= 0.6 is 0 Å². The highest BCUT2D eigenvalue weighted by Crippen LogP contribution is 2.27. The number of ether oxygens (including phenoxy) is 1. The van der Waals surface area contributed by atoms with Gasteiger partial charge in [0, 0.05) is 7.11 Å². The molecule has 1 unspecified atom stereocenters. The van der Waals surface area contributed by atoms with Crippen LogP contribution in [0.15, 0.2) is 0 Å². The van der Waals surface area contributed by atoms with Crippen molar-refractivity contribution in [2.45, 2.75) is 25.5 Å². The Bertz CT molecular complexity index is 283. The van der Waals surface area contributed by atoms with E-state index in [-0.39, 0.29) is 6.61 Å². The first kappa shape index (κ1) is 14.7. The lowest BCUT2D eigenvalue weighted by atomic mass is 10.1. The van der Waals surface area contributed by atoms with Crippen LogP contribution in [0.4, 0.5) is 13.2 Å². The van der Waals surface area contributed by atoms with Gasteiger partial charge in [0.25, 0.3) is 0 Å². The quantitative estimate of drug-likeness (QED) is 0.548. The van der Waals surface area contributed by atoms with Crippen molar-refractivity contribution in [3.63, 3.8) is 0 Å². The monoisotopic (exact) mass is 250 g/mol. The molecule has 0 heterocycles. The first-order chi connectivity index (χ1) is 6.62. The van der Waals surface area contributed by atoms with Gasteiger partial charge in [0.1, 0.15) is 6.10 Å². The molecular weight excluding hydrogens is 237 g/mol. The summed E-state index contributed by atoms with van der Waals surface area (Å²) in [5, 5.41) is 0. The summed E-state index contributed by atoms with van der Waals surface area (Å²) in [5.74, 6) is -0.401. The molecule has 0 amide bonds. The van der Waals surface area contributed by atoms with Crippen molar-refractivity contribution in [3.8, 4) is 0 Å². The number of hydrogen-bond acceptors (Lipinski definition) is 4. The van der Waals surface area contributed by atoms with Crippen molar-refractivity contribution >= 4 is 10.1 Å². The van der Waals surface area contributed by atoms with Gasteiger partial charge in [-0.1, -0.05) is 13.8 Å². The van der Waals surface area contributed by atoms with Crippen molar-refractivity contribution in [1.82, 2.24) is 0 Å². The summed E-state index contributed by atoms with van der Waals surface area (Å²) in [5.41, 5.74) is -5.39. The molecule has 0 saturated carbocycles. The van der Waals surface area contributed by atoms with E-state index in [1.54, 1.807) is 0 Å². The van der Waals surface area contributed by atoms with E-state index in [9.17, 15) is 21.6 Å². The van der Waals surface area contributed by atoms with Gasteiger partial charge >= 0.3 is 15.6 Å². The third-order valence-corrected chi connectivity index (χ3v) is 2.68. The smallest absolute Gasteiger partial charge is 0.382 e. The summed E-state index contributed by atoms with van der Waals surface area (Å²) in [7, 11) is -4.30. The molecule has 0 bridgehead atoms. The fourth-order valence-corrected chi connectivity index (χ4v) is 1.43. The molecule has 0 N–H and O–H groups in total. The lowest BCUT2D eigenvalue weighted by Crippen LogP contribution is -2.34. The van der Waals surface area contributed by atoms with Crippen LogP contribution in [0.25, 0.3) is 0 Å². The van der Waals surface area contributed by atoms with Crippen LogP contribution in [-0.2, 0) is 19.0 Å². The highest BCUT2D eigenvalue weighted by atomic mass is 32.2. The second-order valence-corrected chi connectivity index (χ2v) is 4.80. The molecule has 0 spiro atoms. The molecule has 0 aliphatic carbocycles. The Morgan fingerprint density at radius 1 is 1.27 bits per heavy atom. The van der Waals surface area contributed by atoms with Crippen molar-refractivity contribution in [2.24, 2.45) is 5.92 Å². The van der Waals surface area contributed by atoms with E-state index in [1.165, 1.54) is 21.0 Å². The molecule has 0 aromatic heterocycles. The molecule has 0 aromatic rings. The Labute approximate surface area is 86.5 Å². The third kappa shape index (κ3) is 4.35. The summed E-state index contributed by atoms with van der Waals surface area (Å²) in [6.45, 7) is 2.86. The zero-order chi connectivity index (χ0) is 12.3. The minimum Gasteiger partial charge on any atom is -0.382 e. The molecule has 0 aromatic carbocycles. The normalized spacial score (nSPS) is 15.7. The number of rotatable bonds is 5. The third-order valence-electron chi connectivity index (χ3n) is 1.61. The van der Waals surface area contributed by atoms with E-state index in [0.29, 0.717) is 0 Å². The highest BCUT2D eigenvalue weighted by molar-refractivity contribution is 7.87. The van der Waals surface area contributed by atoms with Crippen molar-refractivity contribution in [2.75, 3.05) is 13.7 Å². The molecule has 0 saturated heterocycles. The summed E-state index contributed by atoms with van der Waals surface area (Å²) in [6.07, 6.45) is -1.14. The summed E-state index contributed by atoms with van der Waals surface area (Å²) >= 11 is 0. The largest absolute Gasteiger partial charge is 0.523 e. The van der Waals surface area contributed by atoms with Crippen LogP contribution < -0.4 is 0 Å². The topological polar surface area (TPSA) is 52.6 Å². The molecule has 1 atom stereocenters. The average molecular weight is 250 g/mol. The lowest BCUT2D eigenvalue weighted by molar-refractivity contribution is -0.0623. The summed E-state index contributed by atoms with van der Waals surface area (Å²) < 4.78 is 65.7. The van der Waals surface area contributed by atoms with Crippen molar-refractivity contribution < 1.29 is 30.5 Å². The van der Waals surface area contributed by atoms with Crippen LogP contribution in [0.5, 0.6) is 0 Å². The zero-order valence-corrected chi connectivity index (χ0v) is 9.35. The minimum absolute atomic E-state index is 0.215. The van der Waals surface area contributed by atoms with Crippen LogP contribution in [-0.4, -0.2) is 33.7 Å². The van der Waals surface area contributed by atoms with Crippen molar-refractivity contribution in [3.05, 3.63) is 0 Å². The molecule has 0 rings (SSSR count). The van der Waals surface area contributed by atoms with Gasteiger partial charge < -0.3 is 4.74 Å². The van der Waals surface area contributed by atoms with Gasteiger partial charge in [-0.05, 0) is 5.92 Å². The molecule has 92 valence electrons. The highest BCUT2D eigenvalue weighted by Gasteiger charge is 2.48. The summed E-state index contributed by atoms with van der Waals surface area (Å²) in [4.78, 5) is 0. The number of hydrogen-bond donors (Lipinski definition) is 0. The fourth-order valence-electron chi connectivity index (χ4n) is 0.713. The van der Waals surface area contributed by atoms with E-state index in [4.69, 9.17) is 0 Å². The summed E-state index contributed by atoms with van der Waals surface area (Å²) in [6, 6.07) is 0. The Kier molecular flexibility index (Phi) is 5.01. The maximum Gasteiger partial charge on any atom is 0.523 e. The molecule has 0 radical (unpaired) electrons. The average Bonchev–Trinajstić information content (AvgIpc) is 2.00. The molecule has 8 heteroatoms. The fraction of sp³-hybridized carbons (Fsp3) is 1.00. The number of alkyl halides is 3. The Morgan fingerprint density at radius 2 is 1.73 bits per heavy atom. The Hall–Kier alpha value is -0.340. The molecule has 15 heavy (non-hydrogen) atoms. The maximum absolute atomic E-state index is 11.9. The predicted octanol–water partition coefficient (Wildman–Crippen LogP) is 1.52. The Balaban J connectivity index is 4.68. The van der Waals surface area contributed by atoms with Crippen LogP contribution in [0, 0.1) is 5.92 Å². The van der Waals surface area contributed by atoms with Crippen LogP contribution in [0.1, 0.15) is 13.8 Å². The van der Waals surface area contributed by atoms with E-state index in [1.807, 2.05) is 0 Å². The van der Waals surface area contributed by atoms with E-state index in [2.05, 4.69) is 8.92 Å². The van der Waals surface area contributed by atoms with Crippen LogP contribution in [0.3, 0.4) is 0 Å². The second-order valence-electron chi connectivity index (χ2n) is 3.23. The zero-order valence-electron chi connectivity index (χ0n) is 8.54. The van der Waals surface area contributed by atoms with Gasteiger partial charge in [-0.15, -0.1) is 0 Å². The SMILES string of the molecule is COCC(OS(=O)(=O)C(F)(F)F)C(C)C. The molecule has 0 aliphatic heterocycles. The van der Waals surface area contributed by atoms with Crippen molar-refractivity contribution in [1.29, 1.82) is 0 Å².